The number of nitrogens with zero attached hydrogens (tertiary/aromatic N) is 1. The molecule has 3 rings (SSSR count). The predicted molar refractivity (Wildman–Crippen MR) is 100 cm³/mol. The number of nitriles is 1. The van der Waals surface area contributed by atoms with Crippen molar-refractivity contribution in [2.45, 2.75) is 45.4 Å². The molecule has 0 radical (unpaired) electrons. The van der Waals surface area contributed by atoms with E-state index in [-0.39, 0.29) is 5.91 Å². The lowest BCUT2D eigenvalue weighted by atomic mass is 10.1. The molecule has 5 nitrogen and oxygen atoms in total. The van der Waals surface area contributed by atoms with Gasteiger partial charge in [0, 0.05) is 4.88 Å². The first-order chi connectivity index (χ1) is 12.2. The summed E-state index contributed by atoms with van der Waals surface area (Å²) in [4.78, 5) is 16.9. The fourth-order valence-corrected chi connectivity index (χ4v) is 5.25. The van der Waals surface area contributed by atoms with E-state index >= 15 is 0 Å². The molecule has 1 fully saturated rings. The second-order valence-electron chi connectivity index (χ2n) is 7.28. The molecule has 1 aromatic heterocycles. The van der Waals surface area contributed by atoms with Crippen LogP contribution in [0.3, 0.4) is 0 Å². The zero-order valence-electron chi connectivity index (χ0n) is 15.2. The molecule has 3 N–H and O–H groups in total. The SMILES string of the molecule is CC[NH+]1CC[NH+](CCC(=O)Nc2sc3c(c2C#N)CCCCC3)CC1. The molecule has 1 saturated heterocycles. The van der Waals surface area contributed by atoms with E-state index in [1.807, 2.05) is 0 Å². The van der Waals surface area contributed by atoms with Gasteiger partial charge >= 0.3 is 0 Å². The minimum atomic E-state index is 0.0608. The lowest BCUT2D eigenvalue weighted by Crippen LogP contribution is -3.28. The minimum absolute atomic E-state index is 0.0608. The van der Waals surface area contributed by atoms with Gasteiger partial charge in [-0.1, -0.05) is 6.42 Å². The van der Waals surface area contributed by atoms with Crippen LogP contribution in [0.4, 0.5) is 5.00 Å². The van der Waals surface area contributed by atoms with Gasteiger partial charge in [-0.2, -0.15) is 5.26 Å². The summed E-state index contributed by atoms with van der Waals surface area (Å²) < 4.78 is 0. The number of fused-ring (bicyclic) bond motifs is 1. The van der Waals surface area contributed by atoms with Crippen molar-refractivity contribution in [2.24, 2.45) is 0 Å². The van der Waals surface area contributed by atoms with Gasteiger partial charge in [0.05, 0.1) is 25.1 Å². The van der Waals surface area contributed by atoms with Gasteiger partial charge in [-0.15, -0.1) is 11.3 Å². The first-order valence-corrected chi connectivity index (χ1v) is 10.5. The number of hydrogen-bond acceptors (Lipinski definition) is 3. The van der Waals surface area contributed by atoms with Crippen LogP contribution in [0.5, 0.6) is 0 Å². The number of hydrogen-bond donors (Lipinski definition) is 3. The molecule has 0 bridgehead atoms. The maximum absolute atomic E-state index is 12.4. The molecule has 1 aliphatic carbocycles. The molecular formula is C19H30N4OS+2. The molecular weight excluding hydrogens is 332 g/mol. The van der Waals surface area contributed by atoms with E-state index in [2.05, 4.69) is 18.3 Å². The molecule has 1 amide bonds. The summed E-state index contributed by atoms with van der Waals surface area (Å²) in [5.41, 5.74) is 1.92. The number of thiophene rings is 1. The number of carbonyl (C=O) groups is 1. The Balaban J connectivity index is 1.54. The van der Waals surface area contributed by atoms with Gasteiger partial charge < -0.3 is 15.1 Å². The van der Waals surface area contributed by atoms with Crippen molar-refractivity contribution in [3.05, 3.63) is 16.0 Å². The summed E-state index contributed by atoms with van der Waals surface area (Å²) in [6.45, 7) is 9.08. The first kappa shape index (κ1) is 18.4. The van der Waals surface area contributed by atoms with Crippen molar-refractivity contribution in [3.8, 4) is 6.07 Å². The van der Waals surface area contributed by atoms with Gasteiger partial charge in [-0.3, -0.25) is 4.79 Å². The van der Waals surface area contributed by atoms with E-state index in [1.165, 1.54) is 47.8 Å². The van der Waals surface area contributed by atoms with Gasteiger partial charge in [0.1, 0.15) is 37.2 Å². The number of piperazine rings is 1. The molecule has 0 saturated carbocycles. The Labute approximate surface area is 154 Å². The lowest BCUT2D eigenvalue weighted by molar-refractivity contribution is -1.01. The monoisotopic (exact) mass is 362 g/mol. The fourth-order valence-electron chi connectivity index (χ4n) is 3.99. The van der Waals surface area contributed by atoms with E-state index in [1.54, 1.807) is 16.2 Å². The number of quaternary nitrogens is 2. The third kappa shape index (κ3) is 4.60. The van der Waals surface area contributed by atoms with Crippen molar-refractivity contribution >= 4 is 22.2 Å². The molecule has 0 aromatic carbocycles. The summed E-state index contributed by atoms with van der Waals surface area (Å²) >= 11 is 1.63. The summed E-state index contributed by atoms with van der Waals surface area (Å²) in [6.07, 6.45) is 6.17. The molecule has 0 spiro atoms. The summed E-state index contributed by atoms with van der Waals surface area (Å²) in [6, 6.07) is 2.34. The van der Waals surface area contributed by atoms with Crippen LogP contribution in [0.1, 0.15) is 48.6 Å². The maximum atomic E-state index is 12.4. The van der Waals surface area contributed by atoms with Crippen LogP contribution in [0, 0.1) is 11.3 Å². The van der Waals surface area contributed by atoms with Gasteiger partial charge in [0.15, 0.2) is 0 Å². The molecule has 0 unspecified atom stereocenters. The van der Waals surface area contributed by atoms with Crippen LogP contribution in [-0.4, -0.2) is 45.2 Å². The predicted octanol–water partition coefficient (Wildman–Crippen LogP) is 0.0206. The third-order valence-corrected chi connectivity index (χ3v) is 6.86. The topological polar surface area (TPSA) is 61.8 Å². The Bertz CT molecular complexity index is 641. The summed E-state index contributed by atoms with van der Waals surface area (Å²) in [5.74, 6) is 0.0608. The highest BCUT2D eigenvalue weighted by molar-refractivity contribution is 7.16. The highest BCUT2D eigenvalue weighted by Crippen LogP contribution is 2.36. The highest BCUT2D eigenvalue weighted by Gasteiger charge is 2.23. The average molecular weight is 363 g/mol. The van der Waals surface area contributed by atoms with E-state index < -0.39 is 0 Å². The van der Waals surface area contributed by atoms with Crippen LogP contribution in [0.2, 0.25) is 0 Å². The maximum Gasteiger partial charge on any atom is 0.230 e. The van der Waals surface area contributed by atoms with Gasteiger partial charge in [0.2, 0.25) is 5.91 Å². The Kier molecular flexibility index (Phi) is 6.46. The normalized spacial score (nSPS) is 23.4. The average Bonchev–Trinajstić information content (AvgIpc) is 2.79. The number of anilines is 1. The molecule has 0 atom stereocenters. The standard InChI is InChI=1S/C19H28N4OS/c1-2-22-10-12-23(13-11-22)9-8-18(24)21-19-16(14-20)15-6-4-3-5-7-17(15)25-19/h2-13H2,1H3,(H,21,24)/p+2. The zero-order valence-corrected chi connectivity index (χ0v) is 16.1. The van der Waals surface area contributed by atoms with Gasteiger partial charge in [0.25, 0.3) is 0 Å². The Hall–Kier alpha value is -1.42. The van der Waals surface area contributed by atoms with Gasteiger partial charge in [-0.05, 0) is 38.2 Å². The molecule has 6 heteroatoms. The van der Waals surface area contributed by atoms with Crippen molar-refractivity contribution in [2.75, 3.05) is 44.6 Å². The van der Waals surface area contributed by atoms with Crippen LogP contribution in [0.25, 0.3) is 0 Å². The Morgan fingerprint density at radius 3 is 2.60 bits per heavy atom. The van der Waals surface area contributed by atoms with Crippen molar-refractivity contribution in [1.82, 2.24) is 0 Å². The van der Waals surface area contributed by atoms with Crippen LogP contribution >= 0.6 is 11.3 Å². The van der Waals surface area contributed by atoms with E-state index in [4.69, 9.17) is 0 Å². The largest absolute Gasteiger partial charge is 0.326 e. The van der Waals surface area contributed by atoms with Crippen molar-refractivity contribution in [1.29, 1.82) is 5.26 Å². The summed E-state index contributed by atoms with van der Waals surface area (Å²) in [7, 11) is 0. The number of likely N-dealkylation sites (N-methyl/N-ethyl adjacent to an activating group) is 1. The van der Waals surface area contributed by atoms with E-state index in [0.717, 1.165) is 49.5 Å². The Morgan fingerprint density at radius 2 is 1.88 bits per heavy atom. The number of nitrogens with one attached hydrogen (secondary N) is 3. The quantitative estimate of drug-likeness (QED) is 0.647. The number of aryl methyl sites for hydroxylation is 1. The number of carbonyl (C=O) groups excluding carboxylic acids is 1. The van der Waals surface area contributed by atoms with E-state index in [9.17, 15) is 10.1 Å². The van der Waals surface area contributed by atoms with Gasteiger partial charge in [-0.25, -0.2) is 0 Å². The van der Waals surface area contributed by atoms with Crippen LogP contribution in [-0.2, 0) is 17.6 Å². The van der Waals surface area contributed by atoms with Crippen molar-refractivity contribution < 1.29 is 14.6 Å². The highest BCUT2D eigenvalue weighted by atomic mass is 32.1. The second kappa shape index (κ2) is 8.79. The van der Waals surface area contributed by atoms with Crippen LogP contribution in [0.15, 0.2) is 0 Å². The van der Waals surface area contributed by atoms with Crippen molar-refractivity contribution in [3.63, 3.8) is 0 Å². The minimum Gasteiger partial charge on any atom is -0.326 e. The first-order valence-electron chi connectivity index (χ1n) is 9.73. The second-order valence-corrected chi connectivity index (χ2v) is 8.39. The molecule has 136 valence electrons. The molecule has 25 heavy (non-hydrogen) atoms. The summed E-state index contributed by atoms with van der Waals surface area (Å²) in [5, 5.41) is 13.4. The molecule has 1 aromatic rings. The molecule has 2 heterocycles. The zero-order chi connectivity index (χ0) is 17.6. The number of rotatable bonds is 5. The smallest absolute Gasteiger partial charge is 0.230 e. The van der Waals surface area contributed by atoms with Crippen LogP contribution < -0.4 is 15.1 Å². The Morgan fingerprint density at radius 1 is 1.16 bits per heavy atom. The number of amides is 1. The fraction of sp³-hybridized carbons (Fsp3) is 0.684. The lowest BCUT2D eigenvalue weighted by Gasteiger charge is -2.28. The molecule has 1 aliphatic heterocycles. The third-order valence-electron chi connectivity index (χ3n) is 5.66. The molecule has 2 aliphatic rings. The van der Waals surface area contributed by atoms with E-state index in [0.29, 0.717) is 6.42 Å².